The van der Waals surface area contributed by atoms with Crippen LogP contribution in [0, 0.1) is 24.5 Å². The van der Waals surface area contributed by atoms with E-state index in [1.165, 1.54) is 11.3 Å². The predicted molar refractivity (Wildman–Crippen MR) is 143 cm³/mol. The highest BCUT2D eigenvalue weighted by Gasteiger charge is 2.36. The fourth-order valence-electron chi connectivity index (χ4n) is 4.48. The van der Waals surface area contributed by atoms with Crippen LogP contribution in [0.15, 0.2) is 59.6 Å². The van der Waals surface area contributed by atoms with Gasteiger partial charge in [0, 0.05) is 30.2 Å². The molecule has 4 aromatic rings. The zero-order valence-corrected chi connectivity index (χ0v) is 22.7. The maximum absolute atomic E-state index is 14.2. The molecule has 198 valence electrons. The highest BCUT2D eigenvalue weighted by Crippen LogP contribution is 2.36. The molecule has 38 heavy (non-hydrogen) atoms. The first kappa shape index (κ1) is 26.6. The van der Waals surface area contributed by atoms with Crippen LogP contribution in [-0.2, 0) is 21.4 Å². The van der Waals surface area contributed by atoms with E-state index in [-0.39, 0.29) is 38.4 Å². The Balaban J connectivity index is 1.40. The number of pyridine rings is 1. The number of hydrogen-bond acceptors (Lipinski definition) is 6. The molecule has 1 saturated heterocycles. The molecule has 12 heteroatoms. The third kappa shape index (κ3) is 5.15. The van der Waals surface area contributed by atoms with Crippen molar-refractivity contribution >= 4 is 54.2 Å². The van der Waals surface area contributed by atoms with Crippen molar-refractivity contribution in [1.29, 1.82) is 0 Å². The SMILES string of the molecule is Cc1c(Cl)ccc2sc(N(Cc3ccccn3)C(=O)C3CCN(S(=O)(=O)c4cc(F)ccc4F)CC3)nc12. The minimum atomic E-state index is -4.25. The molecule has 0 spiro atoms. The Labute approximate surface area is 227 Å². The number of hydrogen-bond donors (Lipinski definition) is 0. The fourth-order valence-corrected chi connectivity index (χ4v) is 7.20. The molecule has 0 aliphatic carbocycles. The first-order chi connectivity index (χ1) is 18.1. The Hall–Kier alpha value is -2.99. The monoisotopic (exact) mass is 576 g/mol. The van der Waals surface area contributed by atoms with E-state index in [2.05, 4.69) is 4.98 Å². The van der Waals surface area contributed by atoms with Crippen molar-refractivity contribution in [3.05, 3.63) is 82.6 Å². The first-order valence-electron chi connectivity index (χ1n) is 11.9. The molecule has 0 N–H and O–H groups in total. The zero-order chi connectivity index (χ0) is 27.0. The number of amides is 1. The molecule has 2 aromatic heterocycles. The Morgan fingerprint density at radius 1 is 1.16 bits per heavy atom. The molecule has 0 radical (unpaired) electrons. The molecule has 5 rings (SSSR count). The quantitative estimate of drug-likeness (QED) is 0.300. The van der Waals surface area contributed by atoms with Crippen molar-refractivity contribution in [2.24, 2.45) is 5.92 Å². The standard InChI is InChI=1S/C26H23ClF2N4O3S2/c1-16-20(27)6-8-22-24(16)31-26(37-22)33(15-19-4-2-3-11-30-19)25(34)17-9-12-32(13-10-17)38(35,36)23-14-18(28)5-7-21(23)29/h2-8,11,14,17H,9-10,12-13,15H2,1H3. The van der Waals surface area contributed by atoms with Gasteiger partial charge in [-0.1, -0.05) is 29.0 Å². The Morgan fingerprint density at radius 3 is 2.63 bits per heavy atom. The second kappa shape index (κ2) is 10.6. The molecule has 1 aliphatic heterocycles. The summed E-state index contributed by atoms with van der Waals surface area (Å²) in [4.78, 5) is 23.8. The smallest absolute Gasteiger partial charge is 0.246 e. The van der Waals surface area contributed by atoms with Crippen LogP contribution < -0.4 is 4.90 Å². The lowest BCUT2D eigenvalue weighted by molar-refractivity contribution is -0.123. The summed E-state index contributed by atoms with van der Waals surface area (Å²) in [6.45, 7) is 2.07. The summed E-state index contributed by atoms with van der Waals surface area (Å²) < 4.78 is 55.8. The van der Waals surface area contributed by atoms with Crippen LogP contribution in [0.3, 0.4) is 0 Å². The normalized spacial score (nSPS) is 15.2. The third-order valence-corrected chi connectivity index (χ3v) is 9.96. The molecule has 0 saturated carbocycles. The summed E-state index contributed by atoms with van der Waals surface area (Å²) in [5, 5.41) is 1.08. The van der Waals surface area contributed by atoms with Gasteiger partial charge >= 0.3 is 0 Å². The van der Waals surface area contributed by atoms with E-state index in [4.69, 9.17) is 16.6 Å². The molecule has 0 atom stereocenters. The summed E-state index contributed by atoms with van der Waals surface area (Å²) in [6, 6.07) is 11.4. The summed E-state index contributed by atoms with van der Waals surface area (Å²) in [5.74, 6) is -2.54. The number of anilines is 1. The number of halogens is 3. The van der Waals surface area contributed by atoms with Crippen molar-refractivity contribution < 1.29 is 22.0 Å². The number of rotatable bonds is 6. The van der Waals surface area contributed by atoms with Gasteiger partial charge in [0.15, 0.2) is 5.13 Å². The Kier molecular flexibility index (Phi) is 7.45. The third-order valence-electron chi connectivity index (χ3n) is 6.59. The molecule has 2 aromatic carbocycles. The first-order valence-corrected chi connectivity index (χ1v) is 14.5. The summed E-state index contributed by atoms with van der Waals surface area (Å²) in [6.07, 6.45) is 2.10. The van der Waals surface area contributed by atoms with E-state index in [0.717, 1.165) is 26.7 Å². The highest BCUT2D eigenvalue weighted by atomic mass is 35.5. The van der Waals surface area contributed by atoms with Crippen LogP contribution in [0.25, 0.3) is 10.2 Å². The molecule has 3 heterocycles. The number of aryl methyl sites for hydroxylation is 1. The van der Waals surface area contributed by atoms with Crippen LogP contribution >= 0.6 is 22.9 Å². The highest BCUT2D eigenvalue weighted by molar-refractivity contribution is 7.89. The predicted octanol–water partition coefficient (Wildman–Crippen LogP) is 5.57. The molecule has 0 unspecified atom stereocenters. The number of carbonyl (C=O) groups is 1. The summed E-state index contributed by atoms with van der Waals surface area (Å²) in [7, 11) is -4.25. The Bertz CT molecular complexity index is 1610. The molecule has 1 aliphatic rings. The van der Waals surface area contributed by atoms with E-state index in [9.17, 15) is 22.0 Å². The lowest BCUT2D eigenvalue weighted by atomic mass is 9.96. The average molecular weight is 577 g/mol. The van der Waals surface area contributed by atoms with Crippen LogP contribution in [0.2, 0.25) is 5.02 Å². The second-order valence-corrected chi connectivity index (χ2v) is 12.3. The average Bonchev–Trinajstić information content (AvgIpc) is 3.36. The van der Waals surface area contributed by atoms with Gasteiger partial charge < -0.3 is 0 Å². The molecular weight excluding hydrogens is 554 g/mol. The minimum Gasteiger partial charge on any atom is -0.282 e. The molecule has 7 nitrogen and oxygen atoms in total. The number of piperidine rings is 1. The maximum Gasteiger partial charge on any atom is 0.246 e. The maximum atomic E-state index is 14.2. The fraction of sp³-hybridized carbons (Fsp3) is 0.269. The summed E-state index contributed by atoms with van der Waals surface area (Å²) >= 11 is 7.65. The largest absolute Gasteiger partial charge is 0.282 e. The van der Waals surface area contributed by atoms with Crippen molar-refractivity contribution in [3.8, 4) is 0 Å². The van der Waals surface area contributed by atoms with Crippen LogP contribution in [0.1, 0.15) is 24.1 Å². The van der Waals surface area contributed by atoms with Gasteiger partial charge in [-0.15, -0.1) is 0 Å². The van der Waals surface area contributed by atoms with Gasteiger partial charge in [-0.05, 0) is 67.8 Å². The molecule has 0 bridgehead atoms. The lowest BCUT2D eigenvalue weighted by Crippen LogP contribution is -2.44. The molecule has 1 fully saturated rings. The van der Waals surface area contributed by atoms with Crippen molar-refractivity contribution in [2.45, 2.75) is 31.2 Å². The Morgan fingerprint density at radius 2 is 1.92 bits per heavy atom. The van der Waals surface area contributed by atoms with Crippen molar-refractivity contribution in [1.82, 2.24) is 14.3 Å². The van der Waals surface area contributed by atoms with E-state index in [0.29, 0.717) is 27.4 Å². The van der Waals surface area contributed by atoms with Gasteiger partial charge in [0.05, 0.1) is 22.5 Å². The van der Waals surface area contributed by atoms with Crippen LogP contribution in [0.5, 0.6) is 0 Å². The van der Waals surface area contributed by atoms with Crippen LogP contribution in [0.4, 0.5) is 13.9 Å². The minimum absolute atomic E-state index is 0.000676. The number of thiazole rings is 1. The number of aromatic nitrogens is 2. The van der Waals surface area contributed by atoms with Crippen molar-refractivity contribution in [3.63, 3.8) is 0 Å². The molecule has 1 amide bonds. The van der Waals surface area contributed by atoms with Crippen LogP contribution in [-0.4, -0.2) is 41.7 Å². The van der Waals surface area contributed by atoms with E-state index in [1.807, 2.05) is 25.1 Å². The number of nitrogens with zero attached hydrogens (tertiary/aromatic N) is 4. The van der Waals surface area contributed by atoms with Gasteiger partial charge in [0.25, 0.3) is 0 Å². The topological polar surface area (TPSA) is 83.5 Å². The number of fused-ring (bicyclic) bond motifs is 1. The van der Waals surface area contributed by atoms with Crippen molar-refractivity contribution in [2.75, 3.05) is 18.0 Å². The number of sulfonamides is 1. The van der Waals surface area contributed by atoms with E-state index >= 15 is 0 Å². The van der Waals surface area contributed by atoms with Gasteiger partial charge in [0.2, 0.25) is 15.9 Å². The van der Waals surface area contributed by atoms with E-state index < -0.39 is 32.5 Å². The zero-order valence-electron chi connectivity index (χ0n) is 20.3. The molecular formula is C26H23ClF2N4O3S2. The van der Waals surface area contributed by atoms with E-state index in [1.54, 1.807) is 23.2 Å². The van der Waals surface area contributed by atoms with Gasteiger partial charge in [-0.3, -0.25) is 14.7 Å². The van der Waals surface area contributed by atoms with Gasteiger partial charge in [0.1, 0.15) is 16.5 Å². The van der Waals surface area contributed by atoms with Gasteiger partial charge in [-0.25, -0.2) is 22.2 Å². The second-order valence-electron chi connectivity index (χ2n) is 9.01. The lowest BCUT2D eigenvalue weighted by Gasteiger charge is -2.33. The van der Waals surface area contributed by atoms with Gasteiger partial charge in [-0.2, -0.15) is 4.31 Å². The number of carbonyl (C=O) groups excluding carboxylic acids is 1. The number of benzene rings is 2. The summed E-state index contributed by atoms with van der Waals surface area (Å²) in [5.41, 5.74) is 2.21.